The van der Waals surface area contributed by atoms with Gasteiger partial charge in [-0.3, -0.25) is 9.48 Å². The summed E-state index contributed by atoms with van der Waals surface area (Å²) in [5.41, 5.74) is 2.02. The number of nitrogens with zero attached hydrogens (tertiary/aromatic N) is 3. The van der Waals surface area contributed by atoms with E-state index in [1.165, 1.54) is 7.11 Å². The summed E-state index contributed by atoms with van der Waals surface area (Å²) in [6.07, 6.45) is 5.44. The molecule has 24 heavy (non-hydrogen) atoms. The van der Waals surface area contributed by atoms with E-state index in [-0.39, 0.29) is 17.7 Å². The molecule has 8 heteroatoms. The zero-order valence-electron chi connectivity index (χ0n) is 13.9. The minimum absolute atomic E-state index is 0.0733. The first-order valence-corrected chi connectivity index (χ1v) is 7.74. The highest BCUT2D eigenvalue weighted by molar-refractivity contribution is 5.96. The van der Waals surface area contributed by atoms with E-state index in [2.05, 4.69) is 15.7 Å². The van der Waals surface area contributed by atoms with Gasteiger partial charge in [0.05, 0.1) is 24.9 Å². The Hall–Kier alpha value is -2.61. The largest absolute Gasteiger partial charge is 0.464 e. The second-order valence-electron chi connectivity index (χ2n) is 6.02. The Kier molecular flexibility index (Phi) is 4.39. The van der Waals surface area contributed by atoms with Crippen LogP contribution in [0.1, 0.15) is 22.0 Å². The van der Waals surface area contributed by atoms with Crippen molar-refractivity contribution in [2.45, 2.75) is 5.92 Å². The van der Waals surface area contributed by atoms with Crippen LogP contribution >= 0.6 is 0 Å². The number of aromatic nitrogens is 3. The summed E-state index contributed by atoms with van der Waals surface area (Å²) in [6, 6.07) is 1.62. The quantitative estimate of drug-likeness (QED) is 0.796. The van der Waals surface area contributed by atoms with Crippen molar-refractivity contribution in [1.82, 2.24) is 19.7 Å². The smallest absolute Gasteiger partial charge is 0.354 e. The molecule has 0 bridgehead atoms. The first-order chi connectivity index (χ1) is 11.5. The molecule has 0 unspecified atom stereocenters. The molecule has 1 amide bonds. The maximum absolute atomic E-state index is 12.7. The van der Waals surface area contributed by atoms with Gasteiger partial charge in [-0.05, 0) is 11.6 Å². The van der Waals surface area contributed by atoms with Gasteiger partial charge in [0.25, 0.3) is 0 Å². The summed E-state index contributed by atoms with van der Waals surface area (Å²) >= 11 is 0. The molecule has 2 aromatic rings. The molecule has 0 aliphatic carbocycles. The standard InChI is InChI=1S/C16H21N5O3/c1-20-9-11(4-14(20)16(23)24-3)19-15(22)13-7-17-6-12(13)10-5-18-21(2)8-10/h4-5,8-9,12-13,17H,6-7H2,1-3H3,(H,19,22)/t12-,13+/m1/s1. The summed E-state index contributed by atoms with van der Waals surface area (Å²) in [7, 11) is 4.92. The fourth-order valence-corrected chi connectivity index (χ4v) is 3.11. The van der Waals surface area contributed by atoms with Gasteiger partial charge >= 0.3 is 5.97 Å². The van der Waals surface area contributed by atoms with Gasteiger partial charge in [0, 0.05) is 45.5 Å². The van der Waals surface area contributed by atoms with Crippen LogP contribution < -0.4 is 10.6 Å². The molecule has 3 rings (SSSR count). The second-order valence-corrected chi connectivity index (χ2v) is 6.02. The molecule has 8 nitrogen and oxygen atoms in total. The maximum Gasteiger partial charge on any atom is 0.354 e. The van der Waals surface area contributed by atoms with E-state index in [9.17, 15) is 9.59 Å². The lowest BCUT2D eigenvalue weighted by molar-refractivity contribution is -0.119. The topological polar surface area (TPSA) is 90.2 Å². The van der Waals surface area contributed by atoms with Gasteiger partial charge in [-0.25, -0.2) is 4.79 Å². The molecule has 1 aliphatic heterocycles. The Morgan fingerprint density at radius 2 is 2.12 bits per heavy atom. The van der Waals surface area contributed by atoms with Gasteiger partial charge in [-0.1, -0.05) is 0 Å². The number of nitrogens with one attached hydrogen (secondary N) is 2. The monoisotopic (exact) mass is 331 g/mol. The van der Waals surface area contributed by atoms with Crippen LogP contribution in [-0.2, 0) is 23.6 Å². The van der Waals surface area contributed by atoms with Gasteiger partial charge < -0.3 is 19.9 Å². The number of carbonyl (C=O) groups excluding carboxylic acids is 2. The van der Waals surface area contributed by atoms with E-state index < -0.39 is 5.97 Å². The Morgan fingerprint density at radius 3 is 2.79 bits per heavy atom. The van der Waals surface area contributed by atoms with Gasteiger partial charge in [0.1, 0.15) is 5.69 Å². The Balaban J connectivity index is 1.73. The molecule has 0 saturated carbocycles. The molecule has 1 saturated heterocycles. The summed E-state index contributed by atoms with van der Waals surface area (Å²) in [5, 5.41) is 10.3. The average molecular weight is 331 g/mol. The molecule has 2 aromatic heterocycles. The number of aryl methyl sites for hydroxylation is 2. The van der Waals surface area contributed by atoms with E-state index >= 15 is 0 Å². The Bertz CT molecular complexity index is 764. The van der Waals surface area contributed by atoms with Crippen LogP contribution in [0.4, 0.5) is 5.69 Å². The van der Waals surface area contributed by atoms with Crippen molar-refractivity contribution in [3.8, 4) is 0 Å². The lowest BCUT2D eigenvalue weighted by Gasteiger charge is -2.16. The maximum atomic E-state index is 12.7. The van der Waals surface area contributed by atoms with Crippen LogP contribution in [0.3, 0.4) is 0 Å². The van der Waals surface area contributed by atoms with Crippen LogP contribution in [0, 0.1) is 5.92 Å². The minimum Gasteiger partial charge on any atom is -0.464 e. The highest BCUT2D eigenvalue weighted by atomic mass is 16.5. The molecule has 1 aliphatic rings. The molecular formula is C16H21N5O3. The number of hydrogen-bond acceptors (Lipinski definition) is 5. The third-order valence-corrected chi connectivity index (χ3v) is 4.37. The number of ether oxygens (including phenoxy) is 1. The van der Waals surface area contributed by atoms with Crippen molar-refractivity contribution >= 4 is 17.6 Å². The van der Waals surface area contributed by atoms with Crippen molar-refractivity contribution < 1.29 is 14.3 Å². The second kappa shape index (κ2) is 6.48. The molecule has 3 heterocycles. The van der Waals surface area contributed by atoms with Crippen molar-refractivity contribution in [3.63, 3.8) is 0 Å². The van der Waals surface area contributed by atoms with Gasteiger partial charge in [-0.2, -0.15) is 5.10 Å². The first-order valence-electron chi connectivity index (χ1n) is 7.74. The van der Waals surface area contributed by atoms with Gasteiger partial charge in [-0.15, -0.1) is 0 Å². The number of esters is 1. The SMILES string of the molecule is COC(=O)c1cc(NC(=O)[C@H]2CNC[C@@H]2c2cnn(C)c2)cn1C. The fourth-order valence-electron chi connectivity index (χ4n) is 3.11. The molecule has 128 valence electrons. The first kappa shape index (κ1) is 16.3. The van der Waals surface area contributed by atoms with Crippen LogP contribution in [0.15, 0.2) is 24.7 Å². The van der Waals surface area contributed by atoms with Crippen LogP contribution in [0.25, 0.3) is 0 Å². The van der Waals surface area contributed by atoms with Gasteiger partial charge in [0.2, 0.25) is 5.91 Å². The molecule has 0 aromatic carbocycles. The van der Waals surface area contributed by atoms with Gasteiger partial charge in [0.15, 0.2) is 0 Å². The summed E-state index contributed by atoms with van der Waals surface area (Å²) in [6.45, 7) is 1.36. The molecular weight excluding hydrogens is 310 g/mol. The number of methoxy groups -OCH3 is 1. The number of carbonyl (C=O) groups is 2. The lowest BCUT2D eigenvalue weighted by Crippen LogP contribution is -2.27. The highest BCUT2D eigenvalue weighted by Crippen LogP contribution is 2.29. The fraction of sp³-hybridized carbons (Fsp3) is 0.438. The third kappa shape index (κ3) is 3.05. The van der Waals surface area contributed by atoms with E-state index in [0.29, 0.717) is 17.9 Å². The van der Waals surface area contributed by atoms with Crippen molar-refractivity contribution in [2.24, 2.45) is 20.0 Å². The number of amides is 1. The minimum atomic E-state index is -0.436. The van der Waals surface area contributed by atoms with Crippen molar-refractivity contribution in [3.05, 3.63) is 35.9 Å². The molecule has 1 fully saturated rings. The summed E-state index contributed by atoms with van der Waals surface area (Å²) in [4.78, 5) is 24.3. The van der Waals surface area contributed by atoms with Crippen molar-refractivity contribution in [1.29, 1.82) is 0 Å². The zero-order chi connectivity index (χ0) is 17.3. The lowest BCUT2D eigenvalue weighted by atomic mass is 9.90. The van der Waals surface area contributed by atoms with Crippen LogP contribution in [0.2, 0.25) is 0 Å². The average Bonchev–Trinajstić information content (AvgIpc) is 3.26. The molecule has 2 atom stereocenters. The highest BCUT2D eigenvalue weighted by Gasteiger charge is 2.34. The number of rotatable bonds is 4. The number of anilines is 1. The van der Waals surface area contributed by atoms with Crippen molar-refractivity contribution in [2.75, 3.05) is 25.5 Å². The van der Waals surface area contributed by atoms with Crippen LogP contribution in [-0.4, -0.2) is 46.4 Å². The summed E-state index contributed by atoms with van der Waals surface area (Å²) in [5.74, 6) is -0.608. The predicted octanol–water partition coefficient (Wildman–Crippen LogP) is 0.487. The van der Waals surface area contributed by atoms with E-state index in [1.54, 1.807) is 34.8 Å². The Labute approximate surface area is 139 Å². The van der Waals surface area contributed by atoms with Crippen LogP contribution in [0.5, 0.6) is 0 Å². The summed E-state index contributed by atoms with van der Waals surface area (Å²) < 4.78 is 8.09. The zero-order valence-corrected chi connectivity index (χ0v) is 13.9. The van der Waals surface area contributed by atoms with E-state index in [4.69, 9.17) is 4.74 Å². The Morgan fingerprint density at radius 1 is 1.33 bits per heavy atom. The molecule has 0 radical (unpaired) electrons. The predicted molar refractivity (Wildman–Crippen MR) is 87.7 cm³/mol. The van der Waals surface area contributed by atoms with E-state index in [1.807, 2.05) is 13.2 Å². The molecule has 0 spiro atoms. The normalized spacial score (nSPS) is 20.1. The van der Waals surface area contributed by atoms with E-state index in [0.717, 1.165) is 12.1 Å². The molecule has 2 N–H and O–H groups in total. The number of hydrogen-bond donors (Lipinski definition) is 2. The third-order valence-electron chi connectivity index (χ3n) is 4.37.